The lowest BCUT2D eigenvalue weighted by Gasteiger charge is -2.34. The molecule has 3 aromatic carbocycles. The minimum atomic E-state index is -0.530. The Hall–Kier alpha value is -4.92. The molecule has 0 unspecified atom stereocenters. The lowest BCUT2D eigenvalue weighted by molar-refractivity contribution is 0.0204. The van der Waals surface area contributed by atoms with Crippen LogP contribution < -0.4 is 10.6 Å². The minimum Gasteiger partial charge on any atom is -0.444 e. The van der Waals surface area contributed by atoms with E-state index < -0.39 is 5.60 Å². The van der Waals surface area contributed by atoms with E-state index in [0.29, 0.717) is 41.4 Å². The zero-order valence-electron chi connectivity index (χ0n) is 25.0. The van der Waals surface area contributed by atoms with Gasteiger partial charge in [-0.05, 0) is 75.4 Å². The summed E-state index contributed by atoms with van der Waals surface area (Å²) in [6, 6.07) is 26.0. The molecule has 222 valence electrons. The summed E-state index contributed by atoms with van der Waals surface area (Å²) in [4.78, 5) is 40.2. The fourth-order valence-electron chi connectivity index (χ4n) is 5.19. The second-order valence-electron chi connectivity index (χ2n) is 11.7. The number of rotatable bonds is 6. The second-order valence-corrected chi connectivity index (χ2v) is 11.7. The van der Waals surface area contributed by atoms with Crippen molar-refractivity contribution >= 4 is 29.4 Å². The van der Waals surface area contributed by atoms with Gasteiger partial charge in [-0.2, -0.15) is 5.10 Å². The number of nitrogens with zero attached hydrogens (tertiary/aromatic N) is 3. The lowest BCUT2D eigenvalue weighted by atomic mass is 9.86. The molecule has 0 saturated carbocycles. The maximum atomic E-state index is 13.4. The number of piperidine rings is 1. The third-order valence-corrected chi connectivity index (χ3v) is 7.39. The molecule has 5 rings (SSSR count). The van der Waals surface area contributed by atoms with Crippen LogP contribution in [0, 0.1) is 0 Å². The third kappa shape index (κ3) is 7.30. The zero-order chi connectivity index (χ0) is 30.6. The van der Waals surface area contributed by atoms with Gasteiger partial charge in [0.1, 0.15) is 11.4 Å². The standard InChI is InChI=1S/C34H37N5O4/c1-34(2,3)43-33(42)39-20-18-23(19-21-39)27-12-8-9-13-28(27)32(41)35-26-16-14-24(15-17-26)29-22-30(38(4)37-29)36-31(40)25-10-6-5-7-11-25/h5-17,22-23H,18-21H2,1-4H3,(H,35,41)(H,36,40). The highest BCUT2D eigenvalue weighted by atomic mass is 16.6. The molecule has 0 aliphatic carbocycles. The molecule has 1 fully saturated rings. The van der Waals surface area contributed by atoms with E-state index in [2.05, 4.69) is 15.7 Å². The van der Waals surface area contributed by atoms with Crippen molar-refractivity contribution in [3.05, 3.63) is 102 Å². The minimum absolute atomic E-state index is 0.170. The molecule has 1 aliphatic rings. The molecule has 2 heterocycles. The highest BCUT2D eigenvalue weighted by Crippen LogP contribution is 2.32. The Labute approximate surface area is 251 Å². The summed E-state index contributed by atoms with van der Waals surface area (Å²) < 4.78 is 7.15. The smallest absolute Gasteiger partial charge is 0.410 e. The van der Waals surface area contributed by atoms with Crippen molar-refractivity contribution in [2.75, 3.05) is 23.7 Å². The number of carbonyl (C=O) groups excluding carboxylic acids is 3. The number of aromatic nitrogens is 2. The van der Waals surface area contributed by atoms with Crippen molar-refractivity contribution in [1.29, 1.82) is 0 Å². The molecule has 0 radical (unpaired) electrons. The SMILES string of the molecule is Cn1nc(-c2ccc(NC(=O)c3ccccc3C3CCN(C(=O)OC(C)(C)C)CC3)cc2)cc1NC(=O)c1ccccc1. The lowest BCUT2D eigenvalue weighted by Crippen LogP contribution is -2.41. The summed E-state index contributed by atoms with van der Waals surface area (Å²) in [6.45, 7) is 6.76. The van der Waals surface area contributed by atoms with Gasteiger partial charge in [0.15, 0.2) is 0 Å². The first kappa shape index (κ1) is 29.6. The fraction of sp³-hybridized carbons (Fsp3) is 0.294. The Morgan fingerprint density at radius 2 is 1.49 bits per heavy atom. The summed E-state index contributed by atoms with van der Waals surface area (Å²) in [7, 11) is 1.78. The van der Waals surface area contributed by atoms with E-state index >= 15 is 0 Å². The molecule has 9 heteroatoms. The maximum absolute atomic E-state index is 13.4. The molecule has 4 aromatic rings. The quantitative estimate of drug-likeness (QED) is 0.264. The van der Waals surface area contributed by atoms with E-state index in [4.69, 9.17) is 4.74 Å². The maximum Gasteiger partial charge on any atom is 0.410 e. The molecule has 43 heavy (non-hydrogen) atoms. The summed E-state index contributed by atoms with van der Waals surface area (Å²) in [5.41, 5.74) is 3.87. The van der Waals surface area contributed by atoms with Gasteiger partial charge in [-0.15, -0.1) is 0 Å². The van der Waals surface area contributed by atoms with Crippen LogP contribution >= 0.6 is 0 Å². The van der Waals surface area contributed by atoms with Crippen molar-refractivity contribution in [1.82, 2.24) is 14.7 Å². The van der Waals surface area contributed by atoms with Gasteiger partial charge in [0.25, 0.3) is 11.8 Å². The Bertz CT molecular complexity index is 1600. The van der Waals surface area contributed by atoms with Crippen LogP contribution in [-0.4, -0.2) is 51.3 Å². The first-order chi connectivity index (χ1) is 20.6. The van der Waals surface area contributed by atoms with Crippen LogP contribution in [-0.2, 0) is 11.8 Å². The highest BCUT2D eigenvalue weighted by Gasteiger charge is 2.29. The average molecular weight is 580 g/mol. The van der Waals surface area contributed by atoms with Gasteiger partial charge < -0.3 is 20.3 Å². The van der Waals surface area contributed by atoms with E-state index in [-0.39, 0.29) is 23.8 Å². The van der Waals surface area contributed by atoms with Crippen LogP contribution in [0.25, 0.3) is 11.3 Å². The molecule has 2 N–H and O–H groups in total. The Morgan fingerprint density at radius 3 is 2.16 bits per heavy atom. The van der Waals surface area contributed by atoms with E-state index in [1.165, 1.54) is 0 Å². The Kier molecular flexibility index (Phi) is 8.61. The van der Waals surface area contributed by atoms with Gasteiger partial charge in [-0.25, -0.2) is 4.79 Å². The number of nitrogens with one attached hydrogen (secondary N) is 2. The Morgan fingerprint density at radius 1 is 0.837 bits per heavy atom. The monoisotopic (exact) mass is 579 g/mol. The largest absolute Gasteiger partial charge is 0.444 e. The van der Waals surface area contributed by atoms with E-state index in [1.54, 1.807) is 28.8 Å². The summed E-state index contributed by atoms with van der Waals surface area (Å²) in [5, 5.41) is 10.5. The molecule has 0 bridgehead atoms. The van der Waals surface area contributed by atoms with Gasteiger partial charge in [0, 0.05) is 48.6 Å². The highest BCUT2D eigenvalue weighted by molar-refractivity contribution is 6.05. The van der Waals surface area contributed by atoms with Crippen molar-refractivity contribution in [2.45, 2.75) is 45.1 Å². The van der Waals surface area contributed by atoms with Crippen molar-refractivity contribution < 1.29 is 19.1 Å². The van der Waals surface area contributed by atoms with Gasteiger partial charge in [0.05, 0.1) is 5.69 Å². The molecule has 1 saturated heterocycles. The molecule has 9 nitrogen and oxygen atoms in total. The number of hydrogen-bond acceptors (Lipinski definition) is 5. The number of aryl methyl sites for hydroxylation is 1. The van der Waals surface area contributed by atoms with Gasteiger partial charge in [-0.1, -0.05) is 48.5 Å². The summed E-state index contributed by atoms with van der Waals surface area (Å²) in [5.74, 6) is 0.363. The first-order valence-corrected chi connectivity index (χ1v) is 14.5. The number of ether oxygens (including phenoxy) is 1. The average Bonchev–Trinajstić information content (AvgIpc) is 3.36. The molecule has 0 atom stereocenters. The molecule has 1 aromatic heterocycles. The zero-order valence-corrected chi connectivity index (χ0v) is 25.0. The Balaban J connectivity index is 1.22. The second kappa shape index (κ2) is 12.5. The van der Waals surface area contributed by atoms with Crippen LogP contribution in [0.1, 0.15) is 65.8 Å². The molecule has 3 amide bonds. The van der Waals surface area contributed by atoms with Crippen LogP contribution in [0.5, 0.6) is 0 Å². The fourth-order valence-corrected chi connectivity index (χ4v) is 5.19. The van der Waals surface area contributed by atoms with E-state index in [9.17, 15) is 14.4 Å². The van der Waals surface area contributed by atoms with Crippen LogP contribution in [0.4, 0.5) is 16.3 Å². The topological polar surface area (TPSA) is 106 Å². The third-order valence-electron chi connectivity index (χ3n) is 7.39. The van der Waals surface area contributed by atoms with Crippen molar-refractivity contribution in [2.24, 2.45) is 7.05 Å². The number of likely N-dealkylation sites (tertiary alicyclic amines) is 1. The molecule has 1 aliphatic heterocycles. The normalized spacial score (nSPS) is 13.8. The van der Waals surface area contributed by atoms with Crippen molar-refractivity contribution in [3.8, 4) is 11.3 Å². The van der Waals surface area contributed by atoms with Crippen LogP contribution in [0.15, 0.2) is 84.9 Å². The molecule has 0 spiro atoms. The van der Waals surface area contributed by atoms with Crippen LogP contribution in [0.3, 0.4) is 0 Å². The predicted octanol–water partition coefficient (Wildman–Crippen LogP) is 6.71. The summed E-state index contributed by atoms with van der Waals surface area (Å²) >= 11 is 0. The number of amides is 3. The van der Waals surface area contributed by atoms with Gasteiger partial charge in [0.2, 0.25) is 0 Å². The van der Waals surface area contributed by atoms with Crippen molar-refractivity contribution in [3.63, 3.8) is 0 Å². The van der Waals surface area contributed by atoms with Crippen LogP contribution in [0.2, 0.25) is 0 Å². The van der Waals surface area contributed by atoms with Gasteiger partial charge >= 0.3 is 6.09 Å². The number of benzene rings is 3. The predicted molar refractivity (Wildman–Crippen MR) is 167 cm³/mol. The van der Waals surface area contributed by atoms with E-state index in [1.807, 2.05) is 93.6 Å². The number of hydrogen-bond donors (Lipinski definition) is 2. The first-order valence-electron chi connectivity index (χ1n) is 14.5. The molecular formula is C34H37N5O4. The van der Waals surface area contributed by atoms with E-state index in [0.717, 1.165) is 24.0 Å². The number of anilines is 2. The summed E-state index contributed by atoms with van der Waals surface area (Å²) in [6.07, 6.45) is 1.23. The molecular weight excluding hydrogens is 542 g/mol. The number of carbonyl (C=O) groups is 3. The van der Waals surface area contributed by atoms with Gasteiger partial charge in [-0.3, -0.25) is 14.3 Å².